The molecule has 0 amide bonds. The van der Waals surface area contributed by atoms with Crippen molar-refractivity contribution < 1.29 is 0 Å². The van der Waals surface area contributed by atoms with Crippen molar-refractivity contribution in [3.05, 3.63) is 0 Å². The van der Waals surface area contributed by atoms with Crippen molar-refractivity contribution in [3.63, 3.8) is 0 Å². The number of nitrogens with one attached hydrogen (secondary N) is 1. The van der Waals surface area contributed by atoms with Crippen LogP contribution in [-0.2, 0) is 0 Å². The zero-order valence-corrected chi connectivity index (χ0v) is 7.10. The first-order valence-corrected chi connectivity index (χ1v) is 5.12. The lowest BCUT2D eigenvalue weighted by atomic mass is 10.0. The molecule has 0 unspecified atom stereocenters. The summed E-state index contributed by atoms with van der Waals surface area (Å²) >= 11 is 0. The van der Waals surface area contributed by atoms with Crippen LogP contribution in [0.2, 0.25) is 0 Å². The summed E-state index contributed by atoms with van der Waals surface area (Å²) in [4.78, 5) is 0. The minimum absolute atomic E-state index is 0.822. The Bertz CT molecular complexity index is 164. The van der Waals surface area contributed by atoms with Gasteiger partial charge in [-0.2, -0.15) is 0 Å². The third kappa shape index (κ3) is 1.20. The minimum Gasteiger partial charge on any atom is -0.313 e. The zero-order valence-electron chi connectivity index (χ0n) is 7.10. The quantitative estimate of drug-likeness (QED) is 0.647. The Morgan fingerprint density at radius 2 is 1.82 bits per heavy atom. The van der Waals surface area contributed by atoms with Gasteiger partial charge >= 0.3 is 0 Å². The Kier molecular flexibility index (Phi) is 1.18. The minimum atomic E-state index is 0.822. The molecule has 0 atom stereocenters. The molecule has 3 aliphatic rings. The van der Waals surface area contributed by atoms with Crippen molar-refractivity contribution in [1.82, 2.24) is 5.32 Å². The molecule has 3 saturated carbocycles. The summed E-state index contributed by atoms with van der Waals surface area (Å²) in [6.07, 6.45) is 9.01. The maximum atomic E-state index is 3.68. The summed E-state index contributed by atoms with van der Waals surface area (Å²) in [5.74, 6) is 1.13. The predicted molar refractivity (Wildman–Crippen MR) is 45.4 cm³/mol. The van der Waals surface area contributed by atoms with Gasteiger partial charge in [0.1, 0.15) is 0 Å². The lowest BCUT2D eigenvalue weighted by Gasteiger charge is -2.13. The standard InChI is InChI=1S/C10H17N/c1-2-8(1)10(5-6-10)7-11-9-3-4-9/h8-9,11H,1-7H2. The fourth-order valence-electron chi connectivity index (χ4n) is 2.22. The van der Waals surface area contributed by atoms with E-state index < -0.39 is 0 Å². The van der Waals surface area contributed by atoms with Crippen LogP contribution >= 0.6 is 0 Å². The summed E-state index contributed by atoms with van der Waals surface area (Å²) in [5.41, 5.74) is 0.822. The molecular formula is C10H17N. The van der Waals surface area contributed by atoms with Crippen molar-refractivity contribution in [1.29, 1.82) is 0 Å². The van der Waals surface area contributed by atoms with E-state index in [2.05, 4.69) is 5.32 Å². The third-order valence-electron chi connectivity index (χ3n) is 3.66. The van der Waals surface area contributed by atoms with Crippen LogP contribution in [0.25, 0.3) is 0 Å². The lowest BCUT2D eigenvalue weighted by Crippen LogP contribution is -2.26. The maximum absolute atomic E-state index is 3.68. The fourth-order valence-corrected chi connectivity index (χ4v) is 2.22. The molecule has 3 rings (SSSR count). The van der Waals surface area contributed by atoms with Gasteiger partial charge in [-0.1, -0.05) is 0 Å². The number of rotatable bonds is 4. The molecule has 0 aromatic rings. The van der Waals surface area contributed by atoms with Crippen LogP contribution in [0.4, 0.5) is 0 Å². The van der Waals surface area contributed by atoms with Gasteiger partial charge in [-0.05, 0) is 49.9 Å². The second-order valence-corrected chi connectivity index (χ2v) is 4.79. The monoisotopic (exact) mass is 151 g/mol. The molecular weight excluding hydrogens is 134 g/mol. The van der Waals surface area contributed by atoms with Crippen LogP contribution in [0.1, 0.15) is 38.5 Å². The first-order chi connectivity index (χ1) is 5.39. The smallest absolute Gasteiger partial charge is 0.00684 e. The van der Waals surface area contributed by atoms with E-state index in [1.165, 1.54) is 45.1 Å². The van der Waals surface area contributed by atoms with Crippen molar-refractivity contribution >= 4 is 0 Å². The summed E-state index contributed by atoms with van der Waals surface area (Å²) in [7, 11) is 0. The van der Waals surface area contributed by atoms with Gasteiger partial charge in [-0.25, -0.2) is 0 Å². The molecule has 3 aliphatic carbocycles. The van der Waals surface area contributed by atoms with E-state index in [0.717, 1.165) is 17.4 Å². The first-order valence-electron chi connectivity index (χ1n) is 5.12. The highest BCUT2D eigenvalue weighted by atomic mass is 15.0. The molecule has 0 aliphatic heterocycles. The van der Waals surface area contributed by atoms with E-state index in [1.807, 2.05) is 0 Å². The van der Waals surface area contributed by atoms with Crippen LogP contribution in [0.3, 0.4) is 0 Å². The highest BCUT2D eigenvalue weighted by Gasteiger charge is 2.53. The zero-order chi connectivity index (χ0) is 7.31. The van der Waals surface area contributed by atoms with Crippen molar-refractivity contribution in [3.8, 4) is 0 Å². The summed E-state index contributed by atoms with van der Waals surface area (Å²) in [5, 5.41) is 3.68. The average Bonchev–Trinajstić information content (AvgIpc) is 2.80. The van der Waals surface area contributed by atoms with Crippen LogP contribution in [0.5, 0.6) is 0 Å². The molecule has 0 saturated heterocycles. The Morgan fingerprint density at radius 3 is 2.27 bits per heavy atom. The average molecular weight is 151 g/mol. The lowest BCUT2D eigenvalue weighted by molar-refractivity contribution is 0.403. The molecule has 0 spiro atoms. The second kappa shape index (κ2) is 2.01. The van der Waals surface area contributed by atoms with E-state index >= 15 is 0 Å². The molecule has 1 nitrogen and oxygen atoms in total. The summed E-state index contributed by atoms with van der Waals surface area (Å²) in [6.45, 7) is 1.35. The highest BCUT2D eigenvalue weighted by Crippen LogP contribution is 2.60. The van der Waals surface area contributed by atoms with Crippen LogP contribution in [0, 0.1) is 11.3 Å². The SMILES string of the molecule is C1CC1NCC1(C2CC2)CC1. The van der Waals surface area contributed by atoms with E-state index in [9.17, 15) is 0 Å². The number of hydrogen-bond donors (Lipinski definition) is 1. The molecule has 0 heterocycles. The Labute approximate surface area is 68.6 Å². The normalized spacial score (nSPS) is 33.8. The molecule has 62 valence electrons. The van der Waals surface area contributed by atoms with Crippen molar-refractivity contribution in [2.24, 2.45) is 11.3 Å². The van der Waals surface area contributed by atoms with E-state index in [-0.39, 0.29) is 0 Å². The van der Waals surface area contributed by atoms with Gasteiger partial charge in [0.2, 0.25) is 0 Å². The molecule has 3 fully saturated rings. The molecule has 0 aromatic heterocycles. The van der Waals surface area contributed by atoms with E-state index in [1.54, 1.807) is 0 Å². The van der Waals surface area contributed by atoms with Gasteiger partial charge in [-0.3, -0.25) is 0 Å². The van der Waals surface area contributed by atoms with Crippen molar-refractivity contribution in [2.45, 2.75) is 44.6 Å². The molecule has 11 heavy (non-hydrogen) atoms. The molecule has 1 heteroatoms. The summed E-state index contributed by atoms with van der Waals surface area (Å²) < 4.78 is 0. The summed E-state index contributed by atoms with van der Waals surface area (Å²) in [6, 6.07) is 0.922. The van der Waals surface area contributed by atoms with Crippen LogP contribution in [-0.4, -0.2) is 12.6 Å². The molecule has 0 aromatic carbocycles. The Balaban J connectivity index is 1.52. The van der Waals surface area contributed by atoms with Gasteiger partial charge in [0.25, 0.3) is 0 Å². The van der Waals surface area contributed by atoms with Gasteiger partial charge in [0.15, 0.2) is 0 Å². The van der Waals surface area contributed by atoms with Crippen LogP contribution in [0.15, 0.2) is 0 Å². The topological polar surface area (TPSA) is 12.0 Å². The first kappa shape index (κ1) is 6.47. The van der Waals surface area contributed by atoms with Crippen LogP contribution < -0.4 is 5.32 Å². The maximum Gasteiger partial charge on any atom is 0.00684 e. The second-order valence-electron chi connectivity index (χ2n) is 4.79. The van der Waals surface area contributed by atoms with Crippen molar-refractivity contribution in [2.75, 3.05) is 6.54 Å². The molecule has 0 bridgehead atoms. The van der Waals surface area contributed by atoms with Gasteiger partial charge in [-0.15, -0.1) is 0 Å². The Hall–Kier alpha value is -0.0400. The molecule has 1 N–H and O–H groups in total. The predicted octanol–water partition coefficient (Wildman–Crippen LogP) is 1.93. The number of hydrogen-bond acceptors (Lipinski definition) is 1. The van der Waals surface area contributed by atoms with Gasteiger partial charge < -0.3 is 5.32 Å². The molecule has 0 radical (unpaired) electrons. The third-order valence-corrected chi connectivity index (χ3v) is 3.66. The largest absolute Gasteiger partial charge is 0.313 e. The fraction of sp³-hybridized carbons (Fsp3) is 1.00. The Morgan fingerprint density at radius 1 is 1.09 bits per heavy atom. The van der Waals surface area contributed by atoms with Gasteiger partial charge in [0, 0.05) is 12.6 Å². The van der Waals surface area contributed by atoms with E-state index in [0.29, 0.717) is 0 Å². The van der Waals surface area contributed by atoms with E-state index in [4.69, 9.17) is 0 Å². The highest BCUT2D eigenvalue weighted by molar-refractivity contribution is 5.05. The van der Waals surface area contributed by atoms with Gasteiger partial charge in [0.05, 0.1) is 0 Å².